The van der Waals surface area contributed by atoms with Crippen LogP contribution >= 0.6 is 11.8 Å². The molecule has 8 nitrogen and oxygen atoms in total. The van der Waals surface area contributed by atoms with E-state index in [0.29, 0.717) is 17.0 Å². The van der Waals surface area contributed by atoms with Gasteiger partial charge in [-0.2, -0.15) is 0 Å². The van der Waals surface area contributed by atoms with Crippen molar-refractivity contribution in [3.8, 4) is 5.75 Å². The molecule has 9 heteroatoms. The van der Waals surface area contributed by atoms with Crippen molar-refractivity contribution in [2.24, 2.45) is 0 Å². The van der Waals surface area contributed by atoms with E-state index in [1.165, 1.54) is 0 Å². The molecule has 1 fully saturated rings. The Hall–Kier alpha value is -3.59. The fourth-order valence-corrected chi connectivity index (χ4v) is 3.77. The molecule has 0 spiro atoms. The van der Waals surface area contributed by atoms with E-state index in [0.717, 1.165) is 35.1 Å². The van der Waals surface area contributed by atoms with Crippen LogP contribution in [0.1, 0.15) is 30.9 Å². The van der Waals surface area contributed by atoms with Gasteiger partial charge in [0, 0.05) is 5.69 Å². The van der Waals surface area contributed by atoms with Crippen LogP contribution in [0.25, 0.3) is 6.08 Å². The van der Waals surface area contributed by atoms with Crippen molar-refractivity contribution >= 4 is 46.5 Å². The Balaban J connectivity index is 1.52. The van der Waals surface area contributed by atoms with E-state index in [1.54, 1.807) is 30.3 Å². The predicted octanol–water partition coefficient (Wildman–Crippen LogP) is 4.39. The maximum Gasteiger partial charge on any atom is 0.326 e. The molecule has 2 aromatic rings. The summed E-state index contributed by atoms with van der Waals surface area (Å²) >= 11 is 0.774. The maximum atomic E-state index is 12.5. The van der Waals surface area contributed by atoms with Gasteiger partial charge in [-0.3, -0.25) is 24.1 Å². The number of aryl methyl sites for hydroxylation is 1. The van der Waals surface area contributed by atoms with Gasteiger partial charge in [0.1, 0.15) is 12.3 Å². The molecule has 0 atom stereocenters. The van der Waals surface area contributed by atoms with Crippen LogP contribution in [0, 0.1) is 6.92 Å². The van der Waals surface area contributed by atoms with Gasteiger partial charge in [-0.15, -0.1) is 0 Å². The first-order chi connectivity index (χ1) is 16.4. The minimum Gasteiger partial charge on any atom is -0.484 e. The van der Waals surface area contributed by atoms with E-state index in [2.05, 4.69) is 5.32 Å². The number of nitrogens with one attached hydrogen (secondary N) is 1. The number of esters is 1. The first-order valence-electron chi connectivity index (χ1n) is 10.9. The highest BCUT2D eigenvalue weighted by molar-refractivity contribution is 8.18. The summed E-state index contributed by atoms with van der Waals surface area (Å²) in [5.74, 6) is -0.936. The van der Waals surface area contributed by atoms with Crippen LogP contribution in [0.5, 0.6) is 5.75 Å². The number of unbranched alkanes of at least 4 members (excludes halogenated alkanes) is 1. The van der Waals surface area contributed by atoms with Crippen molar-refractivity contribution in [3.63, 3.8) is 0 Å². The predicted molar refractivity (Wildman–Crippen MR) is 130 cm³/mol. The molecule has 0 aliphatic carbocycles. The van der Waals surface area contributed by atoms with Crippen LogP contribution in [0.3, 0.4) is 0 Å². The summed E-state index contributed by atoms with van der Waals surface area (Å²) < 4.78 is 10.5. The number of carbonyl (C=O) groups excluding carboxylic acids is 4. The summed E-state index contributed by atoms with van der Waals surface area (Å²) in [4.78, 5) is 49.7. The van der Waals surface area contributed by atoms with Gasteiger partial charge in [0.25, 0.3) is 17.1 Å². The Morgan fingerprint density at radius 2 is 1.76 bits per heavy atom. The second-order valence-electron chi connectivity index (χ2n) is 7.61. The summed E-state index contributed by atoms with van der Waals surface area (Å²) in [5, 5.41) is 2.25. The highest BCUT2D eigenvalue weighted by Gasteiger charge is 2.36. The van der Waals surface area contributed by atoms with E-state index in [4.69, 9.17) is 9.47 Å². The molecule has 0 saturated carbocycles. The number of nitrogens with zero attached hydrogens (tertiary/aromatic N) is 1. The monoisotopic (exact) mass is 482 g/mol. The molecule has 1 aliphatic heterocycles. The van der Waals surface area contributed by atoms with Crippen LogP contribution in [0.4, 0.5) is 10.5 Å². The Morgan fingerprint density at radius 3 is 2.44 bits per heavy atom. The SMILES string of the molecule is CCCCOC(=O)CN1C(=O)S/C(=C/c2ccc(OCC(=O)Nc3ccc(C)cc3)cc2)C1=O. The number of ether oxygens (including phenoxy) is 2. The molecule has 1 N–H and O–H groups in total. The lowest BCUT2D eigenvalue weighted by Crippen LogP contribution is -2.34. The molecule has 0 bridgehead atoms. The topological polar surface area (TPSA) is 102 Å². The van der Waals surface area contributed by atoms with Gasteiger partial charge < -0.3 is 14.8 Å². The fraction of sp³-hybridized carbons (Fsp3) is 0.280. The normalized spacial score (nSPS) is 14.4. The van der Waals surface area contributed by atoms with Crippen LogP contribution in [0.2, 0.25) is 0 Å². The highest BCUT2D eigenvalue weighted by atomic mass is 32.2. The average molecular weight is 483 g/mol. The van der Waals surface area contributed by atoms with Crippen molar-refractivity contribution in [2.45, 2.75) is 26.7 Å². The molecule has 3 rings (SSSR count). The maximum absolute atomic E-state index is 12.5. The zero-order valence-electron chi connectivity index (χ0n) is 19.0. The lowest BCUT2D eigenvalue weighted by molar-refractivity contribution is -0.146. The molecule has 34 heavy (non-hydrogen) atoms. The van der Waals surface area contributed by atoms with Crippen molar-refractivity contribution in [3.05, 3.63) is 64.6 Å². The third-order valence-electron chi connectivity index (χ3n) is 4.80. The number of hydrogen-bond acceptors (Lipinski definition) is 7. The summed E-state index contributed by atoms with van der Waals surface area (Å²) in [6, 6.07) is 14.2. The van der Waals surface area contributed by atoms with Crippen LogP contribution in [-0.2, 0) is 19.1 Å². The van der Waals surface area contributed by atoms with Crippen LogP contribution in [0.15, 0.2) is 53.4 Å². The number of thioether (sulfide) groups is 1. The molecule has 0 unspecified atom stereocenters. The van der Waals surface area contributed by atoms with E-state index in [-0.39, 0.29) is 24.0 Å². The number of benzene rings is 2. The smallest absolute Gasteiger partial charge is 0.326 e. The van der Waals surface area contributed by atoms with Crippen LogP contribution < -0.4 is 10.1 Å². The average Bonchev–Trinajstić information content (AvgIpc) is 3.07. The van der Waals surface area contributed by atoms with E-state index < -0.39 is 23.7 Å². The van der Waals surface area contributed by atoms with Crippen molar-refractivity contribution in [1.29, 1.82) is 0 Å². The second-order valence-corrected chi connectivity index (χ2v) is 8.61. The molecule has 0 radical (unpaired) electrons. The summed E-state index contributed by atoms with van der Waals surface area (Å²) in [6.07, 6.45) is 3.17. The quantitative estimate of drug-likeness (QED) is 0.304. The Bertz CT molecular complexity index is 1080. The third-order valence-corrected chi connectivity index (χ3v) is 5.71. The van der Waals surface area contributed by atoms with Gasteiger partial charge in [0.05, 0.1) is 11.5 Å². The number of rotatable bonds is 10. The van der Waals surface area contributed by atoms with Gasteiger partial charge in [0.15, 0.2) is 6.61 Å². The molecule has 3 amide bonds. The summed E-state index contributed by atoms with van der Waals surface area (Å²) in [6.45, 7) is 3.65. The third kappa shape index (κ3) is 7.21. The van der Waals surface area contributed by atoms with Crippen molar-refractivity contribution in [2.75, 3.05) is 25.1 Å². The van der Waals surface area contributed by atoms with E-state index in [9.17, 15) is 19.2 Å². The molecule has 178 valence electrons. The lowest BCUT2D eigenvalue weighted by Gasteiger charge is -2.11. The largest absolute Gasteiger partial charge is 0.484 e. The molecule has 1 aliphatic rings. The number of anilines is 1. The minimum absolute atomic E-state index is 0.152. The van der Waals surface area contributed by atoms with E-state index >= 15 is 0 Å². The van der Waals surface area contributed by atoms with E-state index in [1.807, 2.05) is 38.1 Å². The second kappa shape index (κ2) is 12.0. The summed E-state index contributed by atoms with van der Waals surface area (Å²) in [5.41, 5.74) is 2.47. The molecular weight excluding hydrogens is 456 g/mol. The highest BCUT2D eigenvalue weighted by Crippen LogP contribution is 2.32. The van der Waals surface area contributed by atoms with Gasteiger partial charge >= 0.3 is 5.97 Å². The molecule has 1 heterocycles. The molecule has 1 saturated heterocycles. The van der Waals surface area contributed by atoms with Gasteiger partial charge in [-0.25, -0.2) is 0 Å². The molecule has 2 aromatic carbocycles. The minimum atomic E-state index is -0.607. The molecular formula is C25H26N2O6S. The molecule has 0 aromatic heterocycles. The van der Waals surface area contributed by atoms with Gasteiger partial charge in [-0.05, 0) is 61.0 Å². The zero-order valence-corrected chi connectivity index (χ0v) is 19.9. The number of carbonyl (C=O) groups is 4. The Labute approximate surface area is 202 Å². The van der Waals surface area contributed by atoms with Crippen molar-refractivity contribution in [1.82, 2.24) is 4.90 Å². The fourth-order valence-electron chi connectivity index (χ4n) is 2.94. The Kier molecular flexibility index (Phi) is 8.86. The number of hydrogen-bond donors (Lipinski definition) is 1. The Morgan fingerprint density at radius 1 is 1.06 bits per heavy atom. The van der Waals surface area contributed by atoms with Crippen molar-refractivity contribution < 1.29 is 28.7 Å². The standard InChI is InChI=1S/C25H26N2O6S/c1-3-4-13-32-23(29)15-27-24(30)21(34-25(27)31)14-18-7-11-20(12-8-18)33-16-22(28)26-19-9-5-17(2)6-10-19/h5-12,14H,3-4,13,15-16H2,1-2H3,(H,26,28)/b21-14+. The summed E-state index contributed by atoms with van der Waals surface area (Å²) in [7, 11) is 0. The number of imide groups is 1. The van der Waals surface area contributed by atoms with Crippen LogP contribution in [-0.4, -0.2) is 47.7 Å². The first-order valence-corrected chi connectivity index (χ1v) is 11.7. The van der Waals surface area contributed by atoms with Gasteiger partial charge in [0.2, 0.25) is 0 Å². The lowest BCUT2D eigenvalue weighted by atomic mass is 10.2. The number of amides is 3. The first kappa shape index (κ1) is 25.0. The zero-order chi connectivity index (χ0) is 24.5. The van der Waals surface area contributed by atoms with Gasteiger partial charge in [-0.1, -0.05) is 43.2 Å².